The lowest BCUT2D eigenvalue weighted by atomic mass is 9.88. The first-order chi connectivity index (χ1) is 12.1. The van der Waals surface area contributed by atoms with Crippen LogP contribution < -0.4 is 0 Å². The standard InChI is InChI=1S/C23H21FO/c1-17(25)21(14-12-18-8-4-2-5-9-18)20-13-15-22(23(24)16-20)19-10-6-3-7-11-19/h2-11,13,15-16,21H,12,14H2,1H3. The molecule has 3 aromatic rings. The second-order valence-electron chi connectivity index (χ2n) is 6.29. The van der Waals surface area contributed by atoms with Gasteiger partial charge in [0.25, 0.3) is 0 Å². The highest BCUT2D eigenvalue weighted by Crippen LogP contribution is 2.29. The number of hydrogen-bond acceptors (Lipinski definition) is 1. The minimum Gasteiger partial charge on any atom is -0.299 e. The van der Waals surface area contributed by atoms with E-state index in [0.717, 1.165) is 17.5 Å². The molecule has 0 aliphatic carbocycles. The van der Waals surface area contributed by atoms with Crippen LogP contribution in [0.3, 0.4) is 0 Å². The number of carbonyl (C=O) groups excluding carboxylic acids is 1. The predicted molar refractivity (Wildman–Crippen MR) is 100 cm³/mol. The number of benzene rings is 3. The van der Waals surface area contributed by atoms with E-state index in [-0.39, 0.29) is 17.5 Å². The van der Waals surface area contributed by atoms with E-state index in [1.54, 1.807) is 13.0 Å². The van der Waals surface area contributed by atoms with Crippen LogP contribution in [0.1, 0.15) is 30.4 Å². The van der Waals surface area contributed by atoms with Crippen LogP contribution in [0, 0.1) is 5.82 Å². The van der Waals surface area contributed by atoms with Crippen LogP contribution in [-0.4, -0.2) is 5.78 Å². The predicted octanol–water partition coefficient (Wildman–Crippen LogP) is 5.80. The van der Waals surface area contributed by atoms with E-state index in [4.69, 9.17) is 0 Å². The van der Waals surface area contributed by atoms with Crippen LogP contribution in [0.2, 0.25) is 0 Å². The van der Waals surface area contributed by atoms with Crippen LogP contribution >= 0.6 is 0 Å². The molecule has 0 N–H and O–H groups in total. The molecule has 0 fully saturated rings. The minimum atomic E-state index is -0.283. The fourth-order valence-electron chi connectivity index (χ4n) is 3.16. The Morgan fingerprint density at radius 2 is 1.56 bits per heavy atom. The van der Waals surface area contributed by atoms with Crippen LogP contribution in [-0.2, 0) is 11.2 Å². The zero-order chi connectivity index (χ0) is 17.6. The summed E-state index contributed by atoms with van der Waals surface area (Å²) in [6, 6.07) is 24.7. The number of carbonyl (C=O) groups is 1. The second-order valence-corrected chi connectivity index (χ2v) is 6.29. The van der Waals surface area contributed by atoms with Gasteiger partial charge in [0.1, 0.15) is 11.6 Å². The van der Waals surface area contributed by atoms with Crippen molar-refractivity contribution in [2.45, 2.75) is 25.7 Å². The molecule has 1 unspecified atom stereocenters. The van der Waals surface area contributed by atoms with Crippen molar-refractivity contribution in [3.05, 3.63) is 95.8 Å². The Labute approximate surface area is 148 Å². The number of ketones is 1. The average Bonchev–Trinajstić information content (AvgIpc) is 2.63. The van der Waals surface area contributed by atoms with Gasteiger partial charge in [0.15, 0.2) is 0 Å². The Morgan fingerprint density at radius 1 is 0.920 bits per heavy atom. The molecule has 126 valence electrons. The molecule has 0 aromatic heterocycles. The molecule has 0 heterocycles. The molecular weight excluding hydrogens is 311 g/mol. The molecule has 3 aromatic carbocycles. The van der Waals surface area contributed by atoms with Gasteiger partial charge in [0.05, 0.1) is 0 Å². The van der Waals surface area contributed by atoms with Crippen molar-refractivity contribution in [1.29, 1.82) is 0 Å². The van der Waals surface area contributed by atoms with Gasteiger partial charge in [-0.05, 0) is 42.5 Å². The topological polar surface area (TPSA) is 17.1 Å². The van der Waals surface area contributed by atoms with E-state index in [1.165, 1.54) is 11.6 Å². The van der Waals surface area contributed by atoms with Crippen LogP contribution in [0.15, 0.2) is 78.9 Å². The Balaban J connectivity index is 1.82. The number of rotatable bonds is 6. The van der Waals surface area contributed by atoms with Crippen molar-refractivity contribution in [3.8, 4) is 11.1 Å². The maximum atomic E-state index is 14.6. The van der Waals surface area contributed by atoms with E-state index < -0.39 is 0 Å². The molecule has 3 rings (SSSR count). The second kappa shape index (κ2) is 7.89. The summed E-state index contributed by atoms with van der Waals surface area (Å²) in [5.74, 6) is -0.489. The van der Waals surface area contributed by atoms with Crippen molar-refractivity contribution in [1.82, 2.24) is 0 Å². The van der Waals surface area contributed by atoms with Crippen LogP contribution in [0.25, 0.3) is 11.1 Å². The smallest absolute Gasteiger partial charge is 0.137 e. The third-order valence-electron chi connectivity index (χ3n) is 4.54. The fraction of sp³-hybridized carbons (Fsp3) is 0.174. The van der Waals surface area contributed by atoms with Gasteiger partial charge in [0.2, 0.25) is 0 Å². The molecule has 0 saturated carbocycles. The Morgan fingerprint density at radius 3 is 2.16 bits per heavy atom. The van der Waals surface area contributed by atoms with Crippen molar-refractivity contribution >= 4 is 5.78 Å². The molecule has 0 aliphatic rings. The van der Waals surface area contributed by atoms with Crippen molar-refractivity contribution in [3.63, 3.8) is 0 Å². The quantitative estimate of drug-likeness (QED) is 0.557. The van der Waals surface area contributed by atoms with Crippen LogP contribution in [0.5, 0.6) is 0 Å². The zero-order valence-corrected chi connectivity index (χ0v) is 14.3. The lowest BCUT2D eigenvalue weighted by Gasteiger charge is -2.16. The summed E-state index contributed by atoms with van der Waals surface area (Å²) < 4.78 is 14.6. The number of hydrogen-bond donors (Lipinski definition) is 0. The Kier molecular flexibility index (Phi) is 5.39. The largest absolute Gasteiger partial charge is 0.299 e. The van der Waals surface area contributed by atoms with Gasteiger partial charge in [-0.25, -0.2) is 4.39 Å². The van der Waals surface area contributed by atoms with Gasteiger partial charge in [-0.2, -0.15) is 0 Å². The van der Waals surface area contributed by atoms with Crippen LogP contribution in [0.4, 0.5) is 4.39 Å². The molecule has 0 saturated heterocycles. The zero-order valence-electron chi connectivity index (χ0n) is 14.3. The molecule has 25 heavy (non-hydrogen) atoms. The third-order valence-corrected chi connectivity index (χ3v) is 4.54. The Hall–Kier alpha value is -2.74. The number of aryl methyl sites for hydroxylation is 1. The van der Waals surface area contributed by atoms with Gasteiger partial charge in [-0.15, -0.1) is 0 Å². The summed E-state index contributed by atoms with van der Waals surface area (Å²) in [6.07, 6.45) is 1.48. The van der Waals surface area contributed by atoms with Gasteiger partial charge < -0.3 is 0 Å². The fourth-order valence-corrected chi connectivity index (χ4v) is 3.16. The molecule has 0 aliphatic heterocycles. The highest BCUT2D eigenvalue weighted by molar-refractivity contribution is 5.83. The van der Waals surface area contributed by atoms with Gasteiger partial charge in [-0.1, -0.05) is 72.8 Å². The van der Waals surface area contributed by atoms with Gasteiger partial charge >= 0.3 is 0 Å². The minimum absolute atomic E-state index is 0.0720. The molecule has 0 radical (unpaired) electrons. The summed E-state index contributed by atoms with van der Waals surface area (Å²) in [7, 11) is 0. The highest BCUT2D eigenvalue weighted by atomic mass is 19.1. The van der Waals surface area contributed by atoms with E-state index in [2.05, 4.69) is 12.1 Å². The first kappa shape index (κ1) is 17.1. The first-order valence-corrected chi connectivity index (χ1v) is 8.54. The molecule has 0 spiro atoms. The van der Waals surface area contributed by atoms with E-state index in [1.807, 2.05) is 54.6 Å². The molecular formula is C23H21FO. The maximum Gasteiger partial charge on any atom is 0.137 e. The molecule has 0 bridgehead atoms. The lowest BCUT2D eigenvalue weighted by molar-refractivity contribution is -0.118. The van der Waals surface area contributed by atoms with Gasteiger partial charge in [-0.3, -0.25) is 4.79 Å². The van der Waals surface area contributed by atoms with E-state index >= 15 is 0 Å². The van der Waals surface area contributed by atoms with Crippen molar-refractivity contribution in [2.24, 2.45) is 0 Å². The van der Waals surface area contributed by atoms with E-state index in [9.17, 15) is 9.18 Å². The average molecular weight is 332 g/mol. The normalized spacial score (nSPS) is 11.9. The highest BCUT2D eigenvalue weighted by Gasteiger charge is 2.18. The molecule has 0 amide bonds. The summed E-state index contributed by atoms with van der Waals surface area (Å²) >= 11 is 0. The van der Waals surface area contributed by atoms with E-state index in [0.29, 0.717) is 12.0 Å². The molecule has 1 atom stereocenters. The number of halogens is 1. The summed E-state index contributed by atoms with van der Waals surface area (Å²) in [5, 5.41) is 0. The molecule has 1 nitrogen and oxygen atoms in total. The summed E-state index contributed by atoms with van der Waals surface area (Å²) in [4.78, 5) is 12.1. The van der Waals surface area contributed by atoms with Crippen molar-refractivity contribution < 1.29 is 9.18 Å². The Bertz CT molecular complexity index is 840. The van der Waals surface area contributed by atoms with Gasteiger partial charge in [0, 0.05) is 11.5 Å². The summed E-state index contributed by atoms with van der Waals surface area (Å²) in [6.45, 7) is 1.58. The lowest BCUT2D eigenvalue weighted by Crippen LogP contribution is -2.10. The molecule has 2 heteroatoms. The maximum absolute atomic E-state index is 14.6. The summed E-state index contributed by atoms with van der Waals surface area (Å²) in [5.41, 5.74) is 3.35. The third kappa shape index (κ3) is 4.21. The monoisotopic (exact) mass is 332 g/mol. The number of Topliss-reactive ketones (excluding diaryl/α,β-unsaturated/α-hetero) is 1. The van der Waals surface area contributed by atoms with Crippen molar-refractivity contribution in [2.75, 3.05) is 0 Å². The SMILES string of the molecule is CC(=O)C(CCc1ccccc1)c1ccc(-c2ccccc2)c(F)c1. The first-order valence-electron chi connectivity index (χ1n) is 8.54.